The van der Waals surface area contributed by atoms with Gasteiger partial charge in [-0.05, 0) is 19.3 Å². The van der Waals surface area contributed by atoms with Crippen molar-refractivity contribution < 1.29 is 19.4 Å². The summed E-state index contributed by atoms with van der Waals surface area (Å²) in [6.07, 6.45) is 4.15. The van der Waals surface area contributed by atoms with Crippen molar-refractivity contribution in [1.82, 2.24) is 20.3 Å². The second-order valence-corrected chi connectivity index (χ2v) is 4.48. The smallest absolute Gasteiger partial charge is 0.325 e. The van der Waals surface area contributed by atoms with Crippen molar-refractivity contribution in [2.45, 2.75) is 38.0 Å². The minimum absolute atomic E-state index is 0.0258. The van der Waals surface area contributed by atoms with E-state index in [1.54, 1.807) is 7.11 Å². The molecule has 8 heteroatoms. The van der Waals surface area contributed by atoms with Gasteiger partial charge in [-0.1, -0.05) is 5.21 Å². The van der Waals surface area contributed by atoms with Gasteiger partial charge in [0.05, 0.1) is 18.3 Å². The maximum Gasteiger partial charge on any atom is 0.325 e. The third-order valence-electron chi connectivity index (χ3n) is 3.14. The molecule has 2 unspecified atom stereocenters. The van der Waals surface area contributed by atoms with Crippen molar-refractivity contribution in [3.63, 3.8) is 0 Å². The molecule has 1 aromatic rings. The fourth-order valence-electron chi connectivity index (χ4n) is 2.23. The van der Waals surface area contributed by atoms with Crippen LogP contribution in [0, 0.1) is 0 Å². The number of aliphatic carboxylic acids is 1. The summed E-state index contributed by atoms with van der Waals surface area (Å²) in [4.78, 5) is 22.4. The Labute approximate surface area is 109 Å². The van der Waals surface area contributed by atoms with Crippen molar-refractivity contribution in [2.75, 3.05) is 7.11 Å². The molecular weight excluding hydrogens is 252 g/mol. The highest BCUT2D eigenvalue weighted by Gasteiger charge is 2.29. The average Bonchev–Trinajstić information content (AvgIpc) is 2.97. The van der Waals surface area contributed by atoms with E-state index in [1.165, 1.54) is 6.20 Å². The number of carboxylic acid groups (broad SMARTS) is 1. The van der Waals surface area contributed by atoms with Gasteiger partial charge in [0.25, 0.3) is 5.91 Å². The third kappa shape index (κ3) is 3.28. The molecule has 19 heavy (non-hydrogen) atoms. The second kappa shape index (κ2) is 5.79. The summed E-state index contributed by atoms with van der Waals surface area (Å²) < 4.78 is 6.40. The molecule has 1 fully saturated rings. The lowest BCUT2D eigenvalue weighted by Crippen LogP contribution is -2.40. The van der Waals surface area contributed by atoms with Crippen LogP contribution in [0.15, 0.2) is 6.20 Å². The number of hydrogen-bond donors (Lipinski definition) is 2. The van der Waals surface area contributed by atoms with Crippen LogP contribution in [0.1, 0.15) is 29.8 Å². The zero-order valence-electron chi connectivity index (χ0n) is 10.6. The fraction of sp³-hybridized carbons (Fsp3) is 0.636. The van der Waals surface area contributed by atoms with Crippen molar-refractivity contribution in [3.8, 4) is 0 Å². The lowest BCUT2D eigenvalue weighted by Gasteiger charge is -2.18. The van der Waals surface area contributed by atoms with E-state index in [4.69, 9.17) is 9.84 Å². The van der Waals surface area contributed by atoms with E-state index in [2.05, 4.69) is 15.6 Å². The lowest BCUT2D eigenvalue weighted by atomic mass is 10.2. The predicted octanol–water partition coefficient (Wildman–Crippen LogP) is -0.340. The number of hydrogen-bond acceptors (Lipinski definition) is 5. The molecule has 1 aliphatic rings. The van der Waals surface area contributed by atoms with Gasteiger partial charge < -0.3 is 15.2 Å². The quantitative estimate of drug-likeness (QED) is 0.756. The number of rotatable bonds is 5. The van der Waals surface area contributed by atoms with E-state index in [9.17, 15) is 9.59 Å². The second-order valence-electron chi connectivity index (χ2n) is 4.48. The van der Waals surface area contributed by atoms with Gasteiger partial charge in [0.2, 0.25) is 0 Å². The molecule has 1 aliphatic carbocycles. The van der Waals surface area contributed by atoms with Gasteiger partial charge in [-0.15, -0.1) is 5.10 Å². The number of carboxylic acids is 1. The average molecular weight is 268 g/mol. The largest absolute Gasteiger partial charge is 0.480 e. The summed E-state index contributed by atoms with van der Waals surface area (Å²) in [5.74, 6) is -1.39. The molecule has 1 aromatic heterocycles. The van der Waals surface area contributed by atoms with E-state index < -0.39 is 5.97 Å². The first-order chi connectivity index (χ1) is 9.10. The maximum atomic E-state index is 11.9. The van der Waals surface area contributed by atoms with Gasteiger partial charge in [0, 0.05) is 7.11 Å². The van der Waals surface area contributed by atoms with Crippen molar-refractivity contribution in [1.29, 1.82) is 0 Å². The van der Waals surface area contributed by atoms with E-state index in [1.807, 2.05) is 0 Å². The van der Waals surface area contributed by atoms with E-state index in [0.717, 1.165) is 23.9 Å². The monoisotopic (exact) mass is 268 g/mol. The predicted molar refractivity (Wildman–Crippen MR) is 63.6 cm³/mol. The Morgan fingerprint density at radius 3 is 3.05 bits per heavy atom. The molecule has 1 heterocycles. The van der Waals surface area contributed by atoms with Crippen LogP contribution >= 0.6 is 0 Å². The fourth-order valence-corrected chi connectivity index (χ4v) is 2.23. The number of methoxy groups -OCH3 is 1. The highest BCUT2D eigenvalue weighted by Crippen LogP contribution is 2.21. The summed E-state index contributed by atoms with van der Waals surface area (Å²) in [5, 5.41) is 18.7. The Bertz CT molecular complexity index is 473. The van der Waals surface area contributed by atoms with Gasteiger partial charge in [-0.25, -0.2) is 4.68 Å². The summed E-state index contributed by atoms with van der Waals surface area (Å²) in [7, 11) is 1.62. The summed E-state index contributed by atoms with van der Waals surface area (Å²) in [6.45, 7) is -0.315. The highest BCUT2D eigenvalue weighted by molar-refractivity contribution is 5.92. The molecule has 0 aromatic carbocycles. The molecule has 0 spiro atoms. The lowest BCUT2D eigenvalue weighted by molar-refractivity contribution is -0.137. The Morgan fingerprint density at radius 1 is 1.58 bits per heavy atom. The molecule has 104 valence electrons. The Kier molecular flexibility index (Phi) is 4.10. The zero-order chi connectivity index (χ0) is 13.8. The van der Waals surface area contributed by atoms with Crippen LogP contribution in [-0.2, 0) is 16.1 Å². The maximum absolute atomic E-state index is 11.9. The van der Waals surface area contributed by atoms with Crippen LogP contribution in [0.2, 0.25) is 0 Å². The van der Waals surface area contributed by atoms with Crippen LogP contribution in [0.4, 0.5) is 0 Å². The molecule has 2 atom stereocenters. The van der Waals surface area contributed by atoms with Crippen molar-refractivity contribution in [2.24, 2.45) is 0 Å². The number of nitrogens with zero attached hydrogens (tertiary/aromatic N) is 3. The number of aromatic nitrogens is 3. The van der Waals surface area contributed by atoms with Gasteiger partial charge in [0.15, 0.2) is 5.69 Å². The zero-order valence-corrected chi connectivity index (χ0v) is 10.6. The van der Waals surface area contributed by atoms with Crippen molar-refractivity contribution >= 4 is 11.9 Å². The van der Waals surface area contributed by atoms with E-state index in [-0.39, 0.29) is 30.3 Å². The summed E-state index contributed by atoms with van der Waals surface area (Å²) in [6, 6.07) is -0.0258. The normalized spacial score (nSPS) is 22.4. The van der Waals surface area contributed by atoms with Crippen LogP contribution in [0.5, 0.6) is 0 Å². The Hall–Kier alpha value is -1.96. The van der Waals surface area contributed by atoms with Crippen molar-refractivity contribution in [3.05, 3.63) is 11.9 Å². The van der Waals surface area contributed by atoms with Crippen LogP contribution < -0.4 is 5.32 Å². The van der Waals surface area contributed by atoms with Crippen LogP contribution in [-0.4, -0.2) is 51.2 Å². The molecule has 0 saturated heterocycles. The first-order valence-corrected chi connectivity index (χ1v) is 6.05. The highest BCUT2D eigenvalue weighted by atomic mass is 16.5. The van der Waals surface area contributed by atoms with Gasteiger partial charge in [-0.3, -0.25) is 9.59 Å². The molecule has 8 nitrogen and oxygen atoms in total. The number of carbonyl (C=O) groups excluding carboxylic acids is 1. The van der Waals surface area contributed by atoms with Gasteiger partial charge in [-0.2, -0.15) is 0 Å². The first-order valence-electron chi connectivity index (χ1n) is 6.05. The van der Waals surface area contributed by atoms with E-state index in [0.29, 0.717) is 0 Å². The van der Waals surface area contributed by atoms with Gasteiger partial charge in [0.1, 0.15) is 6.54 Å². The standard InChI is InChI=1S/C11H16N4O4/c1-19-9-4-2-3-7(9)12-11(18)8-5-15(14-13-8)6-10(16)17/h5,7,9H,2-4,6H2,1H3,(H,12,18)(H,16,17). The SMILES string of the molecule is COC1CCCC1NC(=O)c1cn(CC(=O)O)nn1. The van der Waals surface area contributed by atoms with E-state index >= 15 is 0 Å². The molecule has 2 N–H and O–H groups in total. The topological polar surface area (TPSA) is 106 Å². The Morgan fingerprint density at radius 2 is 2.37 bits per heavy atom. The number of nitrogens with one attached hydrogen (secondary N) is 1. The number of carbonyl (C=O) groups is 2. The van der Waals surface area contributed by atoms with Crippen LogP contribution in [0.25, 0.3) is 0 Å². The molecule has 2 rings (SSSR count). The van der Waals surface area contributed by atoms with Gasteiger partial charge >= 0.3 is 5.97 Å². The number of ether oxygens (including phenoxy) is 1. The molecule has 0 radical (unpaired) electrons. The minimum atomic E-state index is -1.04. The first kappa shape index (κ1) is 13.5. The summed E-state index contributed by atoms with van der Waals surface area (Å²) >= 11 is 0. The minimum Gasteiger partial charge on any atom is -0.480 e. The van der Waals surface area contributed by atoms with Crippen LogP contribution in [0.3, 0.4) is 0 Å². The molecular formula is C11H16N4O4. The third-order valence-corrected chi connectivity index (χ3v) is 3.14. The molecule has 1 saturated carbocycles. The Balaban J connectivity index is 1.96. The molecule has 0 bridgehead atoms. The number of amides is 1. The molecule has 1 amide bonds. The molecule has 0 aliphatic heterocycles. The summed E-state index contributed by atoms with van der Waals surface area (Å²) in [5.41, 5.74) is 0.114.